The highest BCUT2D eigenvalue weighted by atomic mass is 16.6. The molecule has 4 aliphatic carbocycles. The van der Waals surface area contributed by atoms with Crippen LogP contribution >= 0.6 is 0 Å². The van der Waals surface area contributed by atoms with Crippen LogP contribution in [-0.2, 0) is 19.1 Å². The Bertz CT molecular complexity index is 520. The molecule has 5 rings (SSSR count). The fourth-order valence-corrected chi connectivity index (χ4v) is 5.01. The van der Waals surface area contributed by atoms with Crippen molar-refractivity contribution in [1.29, 1.82) is 0 Å². The van der Waals surface area contributed by atoms with Crippen molar-refractivity contribution in [3.8, 4) is 0 Å². The Morgan fingerprint density at radius 1 is 1.21 bits per heavy atom. The van der Waals surface area contributed by atoms with Crippen LogP contribution in [0.4, 0.5) is 0 Å². The van der Waals surface area contributed by atoms with Crippen LogP contribution in [0.5, 0.6) is 0 Å². The third-order valence-electron chi connectivity index (χ3n) is 5.62. The molecule has 4 nitrogen and oxygen atoms in total. The largest absolute Gasteiger partial charge is 0.393 e. The van der Waals surface area contributed by atoms with Crippen LogP contribution in [0.15, 0.2) is 12.2 Å². The summed E-state index contributed by atoms with van der Waals surface area (Å²) < 4.78 is 4.85. The number of ether oxygens (including phenoxy) is 1. The van der Waals surface area contributed by atoms with Crippen molar-refractivity contribution in [2.24, 2.45) is 41.4 Å². The number of ketones is 1. The first-order valence-electron chi connectivity index (χ1n) is 7.01. The van der Waals surface area contributed by atoms with Crippen LogP contribution in [0.1, 0.15) is 19.8 Å². The van der Waals surface area contributed by atoms with Crippen LogP contribution in [-0.4, -0.2) is 17.7 Å². The third kappa shape index (κ3) is 1.32. The Kier molecular flexibility index (Phi) is 2.13. The molecule has 0 aromatic rings. The Hall–Kier alpha value is -1.45. The monoisotopic (exact) mass is 260 g/mol. The minimum Gasteiger partial charge on any atom is -0.393 e. The van der Waals surface area contributed by atoms with Gasteiger partial charge in [0.2, 0.25) is 0 Å². The summed E-state index contributed by atoms with van der Waals surface area (Å²) in [5.74, 6) is 0.543. The van der Waals surface area contributed by atoms with Gasteiger partial charge in [0, 0.05) is 6.42 Å². The summed E-state index contributed by atoms with van der Waals surface area (Å²) in [5, 5.41) is 0. The van der Waals surface area contributed by atoms with Gasteiger partial charge in [0.1, 0.15) is 5.78 Å². The van der Waals surface area contributed by atoms with Gasteiger partial charge in [0.05, 0.1) is 11.8 Å². The Balaban J connectivity index is 1.67. The molecule has 1 heterocycles. The van der Waals surface area contributed by atoms with Crippen molar-refractivity contribution in [2.45, 2.75) is 19.8 Å². The summed E-state index contributed by atoms with van der Waals surface area (Å²) >= 11 is 0. The summed E-state index contributed by atoms with van der Waals surface area (Å²) in [5.41, 5.74) is 0. The second-order valence-electron chi connectivity index (χ2n) is 6.47. The van der Waals surface area contributed by atoms with Gasteiger partial charge in [-0.05, 0) is 42.9 Å². The molecule has 1 aliphatic heterocycles. The van der Waals surface area contributed by atoms with E-state index in [1.807, 2.05) is 0 Å². The molecule has 0 spiro atoms. The predicted molar refractivity (Wildman–Crippen MR) is 64.6 cm³/mol. The van der Waals surface area contributed by atoms with Gasteiger partial charge in [0.15, 0.2) is 0 Å². The first kappa shape index (κ1) is 11.4. The van der Waals surface area contributed by atoms with Crippen molar-refractivity contribution in [3.05, 3.63) is 12.2 Å². The van der Waals surface area contributed by atoms with Gasteiger partial charge in [-0.15, -0.1) is 0 Å². The second kappa shape index (κ2) is 3.56. The number of cyclic esters (lactones) is 2. The Morgan fingerprint density at radius 3 is 2.53 bits per heavy atom. The SMILES string of the molecule is CC(=O)C[C@@H]1C[C@@H]2[C@H]3C=C[C@@H]([C@@H]4C(=O)OC(=O)[C@@H]34)[C@@H]12. The van der Waals surface area contributed by atoms with Gasteiger partial charge < -0.3 is 9.53 Å². The highest BCUT2D eigenvalue weighted by Gasteiger charge is 2.65. The van der Waals surface area contributed by atoms with Gasteiger partial charge in [-0.25, -0.2) is 0 Å². The van der Waals surface area contributed by atoms with Gasteiger partial charge in [-0.1, -0.05) is 12.2 Å². The molecule has 2 bridgehead atoms. The average molecular weight is 260 g/mol. The summed E-state index contributed by atoms with van der Waals surface area (Å²) in [6.45, 7) is 1.63. The number of hydrogen-bond acceptors (Lipinski definition) is 4. The smallest absolute Gasteiger partial charge is 0.318 e. The lowest BCUT2D eigenvalue weighted by Gasteiger charge is -2.59. The zero-order valence-electron chi connectivity index (χ0n) is 10.7. The maximum Gasteiger partial charge on any atom is 0.318 e. The molecule has 0 unspecified atom stereocenters. The fraction of sp³-hybridized carbons (Fsp3) is 0.667. The summed E-state index contributed by atoms with van der Waals surface area (Å²) in [4.78, 5) is 35.0. The standard InChI is InChI=1S/C15H16O4/c1-6(16)4-7-5-10-8-2-3-9(11(7)10)13-12(8)14(17)19-15(13)18/h2-3,7-13H,4-5H2,1H3/t7-,8-,9-,10-,11-,12+,13+/m1/s1. The molecule has 0 N–H and O–H groups in total. The fourth-order valence-electron chi connectivity index (χ4n) is 5.01. The number of Topliss-reactive ketones (excluding diaryl/α,β-unsaturated/α-hetero) is 1. The molecule has 5 aliphatic rings. The van der Waals surface area contributed by atoms with Crippen molar-refractivity contribution in [1.82, 2.24) is 0 Å². The molecule has 0 aromatic carbocycles. The molecule has 3 fully saturated rings. The molecule has 0 aromatic heterocycles. The number of esters is 2. The molecule has 0 amide bonds. The van der Waals surface area contributed by atoms with Crippen molar-refractivity contribution >= 4 is 17.7 Å². The average Bonchev–Trinajstić information content (AvgIpc) is 2.63. The number of hydrogen-bond donors (Lipinski definition) is 0. The zero-order valence-corrected chi connectivity index (χ0v) is 10.7. The van der Waals surface area contributed by atoms with E-state index in [1.54, 1.807) is 6.92 Å². The van der Waals surface area contributed by atoms with E-state index in [9.17, 15) is 14.4 Å². The molecule has 0 radical (unpaired) electrons. The molecule has 19 heavy (non-hydrogen) atoms. The van der Waals surface area contributed by atoms with Crippen LogP contribution in [0, 0.1) is 41.4 Å². The third-order valence-corrected chi connectivity index (χ3v) is 5.62. The lowest BCUT2D eigenvalue weighted by Crippen LogP contribution is -2.57. The normalized spacial score (nSPS) is 49.4. The van der Waals surface area contributed by atoms with E-state index in [4.69, 9.17) is 4.74 Å². The molecule has 1 saturated heterocycles. The lowest BCUT2D eigenvalue weighted by atomic mass is 9.43. The number of carbonyl (C=O) groups is 3. The van der Waals surface area contributed by atoms with E-state index in [0.29, 0.717) is 24.2 Å². The highest BCUT2D eigenvalue weighted by Crippen LogP contribution is 2.64. The van der Waals surface area contributed by atoms with Crippen LogP contribution in [0.3, 0.4) is 0 Å². The maximum absolute atomic E-state index is 11.9. The van der Waals surface area contributed by atoms with E-state index in [1.165, 1.54) is 0 Å². The topological polar surface area (TPSA) is 60.4 Å². The van der Waals surface area contributed by atoms with E-state index in [-0.39, 0.29) is 41.4 Å². The summed E-state index contributed by atoms with van der Waals surface area (Å²) in [7, 11) is 0. The molecular weight excluding hydrogens is 244 g/mol. The van der Waals surface area contributed by atoms with Crippen molar-refractivity contribution < 1.29 is 19.1 Å². The number of rotatable bonds is 2. The zero-order chi connectivity index (χ0) is 13.3. The van der Waals surface area contributed by atoms with E-state index in [0.717, 1.165) is 6.42 Å². The van der Waals surface area contributed by atoms with E-state index in [2.05, 4.69) is 12.2 Å². The van der Waals surface area contributed by atoms with Crippen molar-refractivity contribution in [3.63, 3.8) is 0 Å². The second-order valence-corrected chi connectivity index (χ2v) is 6.47. The van der Waals surface area contributed by atoms with Gasteiger partial charge in [-0.3, -0.25) is 9.59 Å². The first-order chi connectivity index (χ1) is 9.08. The molecule has 2 saturated carbocycles. The summed E-state index contributed by atoms with van der Waals surface area (Å²) in [6, 6.07) is 0. The highest BCUT2D eigenvalue weighted by molar-refractivity contribution is 5.97. The van der Waals surface area contributed by atoms with E-state index < -0.39 is 0 Å². The number of allylic oxidation sites excluding steroid dienone is 2. The lowest BCUT2D eigenvalue weighted by molar-refractivity contribution is -0.154. The molecule has 4 heteroatoms. The van der Waals surface area contributed by atoms with Crippen LogP contribution in [0.25, 0.3) is 0 Å². The van der Waals surface area contributed by atoms with Crippen LogP contribution in [0.2, 0.25) is 0 Å². The minimum atomic E-state index is -0.346. The van der Waals surface area contributed by atoms with Crippen LogP contribution < -0.4 is 0 Å². The molecule has 7 atom stereocenters. The maximum atomic E-state index is 11.9. The predicted octanol–water partition coefficient (Wildman–Crippen LogP) is 1.35. The van der Waals surface area contributed by atoms with E-state index >= 15 is 0 Å². The molecule has 100 valence electrons. The quantitative estimate of drug-likeness (QED) is 0.427. The Labute approximate surface area is 111 Å². The minimum absolute atomic E-state index is 0.108. The van der Waals surface area contributed by atoms with Gasteiger partial charge >= 0.3 is 11.9 Å². The summed E-state index contributed by atoms with van der Waals surface area (Å²) in [6.07, 6.45) is 5.83. The van der Waals surface area contributed by atoms with Gasteiger partial charge in [-0.2, -0.15) is 0 Å². The first-order valence-corrected chi connectivity index (χ1v) is 7.01. The number of carbonyl (C=O) groups excluding carboxylic acids is 3. The Morgan fingerprint density at radius 2 is 1.84 bits per heavy atom. The van der Waals surface area contributed by atoms with Gasteiger partial charge in [0.25, 0.3) is 0 Å². The van der Waals surface area contributed by atoms with Crippen molar-refractivity contribution in [2.75, 3.05) is 0 Å². The molecular formula is C15H16O4.